The van der Waals surface area contributed by atoms with Crippen molar-refractivity contribution < 1.29 is 18.4 Å². The molecule has 0 aliphatic carbocycles. The Hall–Kier alpha value is -0.653. The van der Waals surface area contributed by atoms with Crippen LogP contribution in [0.4, 0.5) is 0 Å². The van der Waals surface area contributed by atoms with Crippen LogP contribution >= 0.6 is 0 Å². The number of hydrogen-bond donors (Lipinski definition) is 0. The predicted octanol–water partition coefficient (Wildman–Crippen LogP) is 0.548. The van der Waals surface area contributed by atoms with Gasteiger partial charge >= 0.3 is 15.3 Å². The lowest BCUT2D eigenvalue weighted by molar-refractivity contribution is -0.138. The molecule has 4 nitrogen and oxygen atoms in total. The molecular weight excluding hydrogens is 188 g/mol. The Morgan fingerprint density at radius 3 is 2.31 bits per heavy atom. The Bertz CT molecular complexity index is 177. The van der Waals surface area contributed by atoms with Gasteiger partial charge in [-0.3, -0.25) is 0 Å². The molecule has 0 bridgehead atoms. The van der Waals surface area contributed by atoms with Crippen LogP contribution in [0, 0.1) is 0 Å². The summed E-state index contributed by atoms with van der Waals surface area (Å²) in [6.45, 7) is 5.92. The zero-order valence-electron chi connectivity index (χ0n) is 8.33. The lowest BCUT2D eigenvalue weighted by Gasteiger charge is -2.12. The van der Waals surface area contributed by atoms with Gasteiger partial charge in [0.25, 0.3) is 0 Å². The smallest absolute Gasteiger partial charge is 0.362 e. The monoisotopic (exact) mass is 204 g/mol. The Morgan fingerprint density at radius 1 is 1.38 bits per heavy atom. The Kier molecular flexibility index (Phi) is 6.48. The molecule has 0 aliphatic heterocycles. The summed E-state index contributed by atoms with van der Waals surface area (Å²) in [7, 11) is 0.942. The van der Waals surface area contributed by atoms with Crippen LogP contribution in [0.5, 0.6) is 0 Å². The molecular formula is C8H16O4Si. The number of hydrogen-bond acceptors (Lipinski definition) is 4. The highest BCUT2D eigenvalue weighted by molar-refractivity contribution is 6.60. The van der Waals surface area contributed by atoms with E-state index in [0.717, 1.165) is 6.42 Å². The van der Waals surface area contributed by atoms with Crippen LogP contribution in [0.3, 0.4) is 0 Å². The lowest BCUT2D eigenvalue weighted by atomic mass is 10.5. The average molecular weight is 204 g/mol. The molecule has 0 saturated heterocycles. The average Bonchev–Trinajstić information content (AvgIpc) is 2.15. The fourth-order valence-electron chi connectivity index (χ4n) is 0.764. The number of esters is 1. The Balaban J connectivity index is 4.00. The van der Waals surface area contributed by atoms with Crippen LogP contribution in [0.2, 0.25) is 0 Å². The highest BCUT2D eigenvalue weighted by Crippen LogP contribution is 2.02. The van der Waals surface area contributed by atoms with Crippen LogP contribution in [-0.2, 0) is 18.4 Å². The van der Waals surface area contributed by atoms with Crippen LogP contribution in [0.15, 0.2) is 11.8 Å². The third-order valence-corrected chi connectivity index (χ3v) is 3.07. The standard InChI is InChI=1S/C8H16O4Si/c1-5-6-12-8(9)7(2)13(10-3)11-4/h13H,2,5-6H2,1,3-4H3. The van der Waals surface area contributed by atoms with Gasteiger partial charge in [0.05, 0.1) is 11.8 Å². The molecule has 0 fully saturated rings. The minimum atomic E-state index is -2.06. The number of carbonyl (C=O) groups excluding carboxylic acids is 1. The van der Waals surface area contributed by atoms with Crippen molar-refractivity contribution in [3.05, 3.63) is 11.8 Å². The minimum absolute atomic E-state index is 0.318. The van der Waals surface area contributed by atoms with E-state index in [0.29, 0.717) is 11.8 Å². The maximum atomic E-state index is 11.2. The number of carbonyl (C=O) groups is 1. The normalized spacial score (nSPS) is 10.2. The van der Waals surface area contributed by atoms with Gasteiger partial charge in [-0.25, -0.2) is 4.79 Å². The van der Waals surface area contributed by atoms with Crippen LogP contribution in [0.25, 0.3) is 0 Å². The van der Waals surface area contributed by atoms with Crippen molar-refractivity contribution in [1.82, 2.24) is 0 Å². The summed E-state index contributed by atoms with van der Waals surface area (Å²) in [5.74, 6) is -0.415. The molecule has 76 valence electrons. The Labute approximate surface area is 80.3 Å². The van der Waals surface area contributed by atoms with Gasteiger partial charge in [0.1, 0.15) is 0 Å². The first-order valence-electron chi connectivity index (χ1n) is 4.08. The van der Waals surface area contributed by atoms with E-state index in [1.807, 2.05) is 6.92 Å². The number of ether oxygens (including phenoxy) is 1. The van der Waals surface area contributed by atoms with Gasteiger partial charge in [0.2, 0.25) is 0 Å². The van der Waals surface area contributed by atoms with Crippen molar-refractivity contribution >= 4 is 15.3 Å². The van der Waals surface area contributed by atoms with Gasteiger partial charge in [-0.05, 0) is 6.42 Å². The summed E-state index contributed by atoms with van der Waals surface area (Å²) < 4.78 is 14.8. The fourth-order valence-corrected chi connectivity index (χ4v) is 1.80. The first-order chi connectivity index (χ1) is 6.17. The van der Waals surface area contributed by atoms with E-state index in [-0.39, 0.29) is 0 Å². The summed E-state index contributed by atoms with van der Waals surface area (Å²) in [6.07, 6.45) is 0.797. The molecule has 0 atom stereocenters. The maximum absolute atomic E-state index is 11.2. The van der Waals surface area contributed by atoms with Crippen LogP contribution < -0.4 is 0 Å². The van der Waals surface area contributed by atoms with Gasteiger partial charge in [-0.1, -0.05) is 13.5 Å². The van der Waals surface area contributed by atoms with Crippen molar-refractivity contribution in [2.45, 2.75) is 13.3 Å². The van der Waals surface area contributed by atoms with Crippen LogP contribution in [0.1, 0.15) is 13.3 Å². The lowest BCUT2D eigenvalue weighted by Crippen LogP contribution is -2.28. The van der Waals surface area contributed by atoms with E-state index in [9.17, 15) is 4.79 Å². The molecule has 0 N–H and O–H groups in total. The van der Waals surface area contributed by atoms with Crippen molar-refractivity contribution in [3.8, 4) is 0 Å². The van der Waals surface area contributed by atoms with Gasteiger partial charge in [-0.15, -0.1) is 0 Å². The second-order valence-corrected chi connectivity index (χ2v) is 4.77. The zero-order valence-corrected chi connectivity index (χ0v) is 9.49. The molecule has 0 amide bonds. The van der Waals surface area contributed by atoms with Crippen molar-refractivity contribution in [3.63, 3.8) is 0 Å². The third-order valence-electron chi connectivity index (χ3n) is 1.41. The summed E-state index contributed by atoms with van der Waals surface area (Å²) in [5.41, 5.74) is 0. The first kappa shape index (κ1) is 12.3. The molecule has 5 heteroatoms. The summed E-state index contributed by atoms with van der Waals surface area (Å²) in [5, 5.41) is 0.318. The highest BCUT2D eigenvalue weighted by Gasteiger charge is 2.22. The molecule has 0 aliphatic rings. The second-order valence-electron chi connectivity index (χ2n) is 2.46. The van der Waals surface area contributed by atoms with Crippen molar-refractivity contribution in [2.75, 3.05) is 20.8 Å². The zero-order chi connectivity index (χ0) is 10.3. The third kappa shape index (κ3) is 4.21. The quantitative estimate of drug-likeness (QED) is 0.360. The molecule has 0 heterocycles. The largest absolute Gasteiger partial charge is 0.463 e. The molecule has 0 rings (SSSR count). The van der Waals surface area contributed by atoms with E-state index in [1.165, 1.54) is 14.2 Å². The predicted molar refractivity (Wildman–Crippen MR) is 51.6 cm³/mol. The van der Waals surface area contributed by atoms with Crippen molar-refractivity contribution in [1.29, 1.82) is 0 Å². The summed E-state index contributed by atoms with van der Waals surface area (Å²) in [4.78, 5) is 11.2. The van der Waals surface area contributed by atoms with E-state index >= 15 is 0 Å². The minimum Gasteiger partial charge on any atom is -0.463 e. The first-order valence-corrected chi connectivity index (χ1v) is 5.60. The van der Waals surface area contributed by atoms with E-state index in [2.05, 4.69) is 6.58 Å². The number of rotatable bonds is 6. The summed E-state index contributed by atoms with van der Waals surface area (Å²) >= 11 is 0. The van der Waals surface area contributed by atoms with E-state index in [1.54, 1.807) is 0 Å². The molecule has 0 aromatic carbocycles. The van der Waals surface area contributed by atoms with Gasteiger partial charge < -0.3 is 13.6 Å². The van der Waals surface area contributed by atoms with Gasteiger partial charge in [-0.2, -0.15) is 0 Å². The Morgan fingerprint density at radius 2 is 1.92 bits per heavy atom. The van der Waals surface area contributed by atoms with E-state index in [4.69, 9.17) is 13.6 Å². The molecule has 0 radical (unpaired) electrons. The summed E-state index contributed by atoms with van der Waals surface area (Å²) in [6, 6.07) is 0. The highest BCUT2D eigenvalue weighted by atomic mass is 28.3. The maximum Gasteiger partial charge on any atom is 0.362 e. The topological polar surface area (TPSA) is 44.8 Å². The molecule has 0 saturated carbocycles. The molecule has 13 heavy (non-hydrogen) atoms. The van der Waals surface area contributed by atoms with Crippen molar-refractivity contribution in [2.24, 2.45) is 0 Å². The molecule has 0 spiro atoms. The van der Waals surface area contributed by atoms with Gasteiger partial charge in [0.15, 0.2) is 0 Å². The van der Waals surface area contributed by atoms with E-state index < -0.39 is 15.3 Å². The van der Waals surface area contributed by atoms with Crippen LogP contribution in [-0.4, -0.2) is 36.1 Å². The molecule has 0 aromatic heterocycles. The molecule has 0 aromatic rings. The molecule has 0 unspecified atom stereocenters. The van der Waals surface area contributed by atoms with Gasteiger partial charge in [0, 0.05) is 14.2 Å². The second kappa shape index (κ2) is 6.82. The fraction of sp³-hybridized carbons (Fsp3) is 0.625. The SMILES string of the molecule is C=C(C(=O)OCCC)[SiH](OC)OC.